The monoisotopic (exact) mass is 802 g/mol. The predicted molar refractivity (Wildman–Crippen MR) is 265 cm³/mol. The third kappa shape index (κ3) is 5.54. The zero-order valence-corrected chi connectivity index (χ0v) is 37.3. The lowest BCUT2D eigenvalue weighted by Gasteiger charge is -2.45. The lowest BCUT2D eigenvalue weighted by molar-refractivity contribution is 0.590. The summed E-state index contributed by atoms with van der Waals surface area (Å²) in [4.78, 5) is 5.15. The first-order valence-electron chi connectivity index (χ1n) is 21.9. The fraction of sp³-hybridized carbons (Fsp3) is 0.158. The molecular weight excluding hydrogens is 752 g/mol. The number of para-hydroxylation sites is 1. The van der Waals surface area contributed by atoms with Gasteiger partial charge in [0.2, 0.25) is 0 Å². The summed E-state index contributed by atoms with van der Waals surface area (Å²) in [5.41, 5.74) is 18.2. The molecule has 8 aromatic rings. The van der Waals surface area contributed by atoms with Crippen LogP contribution in [0.25, 0.3) is 11.1 Å². The second kappa shape index (κ2) is 13.6. The zero-order valence-electron chi connectivity index (χ0n) is 36.3. The predicted octanol–water partition coefficient (Wildman–Crippen LogP) is 10.0. The highest BCUT2D eigenvalue weighted by atomic mass is 28.3. The molecule has 0 unspecified atom stereocenters. The Bertz CT molecular complexity index is 2960. The van der Waals surface area contributed by atoms with E-state index < -0.39 is 8.07 Å². The van der Waals surface area contributed by atoms with Crippen molar-refractivity contribution < 1.29 is 0 Å². The SMILES string of the molecule is Cc1ccc2c3c1N(c1ccccc1)c1cc4c(cc1B3c1ccc(C(C)(C)C)cc1N2c1ccc(C(C)(C)C)cc1)[Si](c1ccccc1)(c1ccccc1)c1ccccc1-4. The van der Waals surface area contributed by atoms with E-state index in [-0.39, 0.29) is 17.5 Å². The number of benzene rings is 8. The Kier molecular flexibility index (Phi) is 8.37. The second-order valence-corrected chi connectivity index (χ2v) is 23.1. The minimum atomic E-state index is -2.77. The van der Waals surface area contributed by atoms with Gasteiger partial charge in [0.1, 0.15) is 0 Å². The topological polar surface area (TPSA) is 6.48 Å². The van der Waals surface area contributed by atoms with Gasteiger partial charge in [0.25, 0.3) is 6.71 Å². The summed E-state index contributed by atoms with van der Waals surface area (Å²) in [6.45, 7) is 16.2. The van der Waals surface area contributed by atoms with Crippen LogP contribution < -0.4 is 46.9 Å². The fourth-order valence-electron chi connectivity index (χ4n) is 10.8. The Morgan fingerprint density at radius 2 is 0.984 bits per heavy atom. The Labute approximate surface area is 363 Å². The molecule has 0 saturated carbocycles. The van der Waals surface area contributed by atoms with Crippen molar-refractivity contribution >= 4 is 86.0 Å². The van der Waals surface area contributed by atoms with Crippen LogP contribution in [0.1, 0.15) is 58.2 Å². The van der Waals surface area contributed by atoms with Gasteiger partial charge in [-0.3, -0.25) is 0 Å². The van der Waals surface area contributed by atoms with Crippen LogP contribution in [0.5, 0.6) is 0 Å². The molecule has 0 aliphatic carbocycles. The molecule has 3 aliphatic rings. The molecule has 3 heterocycles. The molecule has 0 spiro atoms. The highest BCUT2D eigenvalue weighted by Gasteiger charge is 2.51. The fourth-order valence-corrected chi connectivity index (χ4v) is 16.0. The van der Waals surface area contributed by atoms with Gasteiger partial charge in [-0.05, 0) is 125 Å². The van der Waals surface area contributed by atoms with Crippen molar-refractivity contribution in [3.63, 3.8) is 0 Å². The van der Waals surface area contributed by atoms with E-state index in [4.69, 9.17) is 0 Å². The van der Waals surface area contributed by atoms with Crippen LogP contribution >= 0.6 is 0 Å². The Balaban J connectivity index is 1.27. The van der Waals surface area contributed by atoms with Crippen molar-refractivity contribution in [2.75, 3.05) is 9.80 Å². The molecule has 0 saturated heterocycles. The molecule has 0 bridgehead atoms. The molecule has 0 radical (unpaired) electrons. The molecule has 4 heteroatoms. The number of hydrogen-bond donors (Lipinski definition) is 0. The van der Waals surface area contributed by atoms with E-state index in [0.29, 0.717) is 0 Å². The van der Waals surface area contributed by atoms with E-state index in [1.165, 1.54) is 99.1 Å². The number of aryl methyl sites for hydroxylation is 1. The molecule has 0 amide bonds. The van der Waals surface area contributed by atoms with E-state index in [1.54, 1.807) is 0 Å². The number of rotatable bonds is 4. The van der Waals surface area contributed by atoms with Crippen LogP contribution in [0.3, 0.4) is 0 Å². The van der Waals surface area contributed by atoms with Gasteiger partial charge >= 0.3 is 0 Å². The molecular formula is C57H51BN2Si. The minimum Gasteiger partial charge on any atom is -0.311 e. The van der Waals surface area contributed by atoms with Crippen LogP contribution in [0.2, 0.25) is 0 Å². The quantitative estimate of drug-likeness (QED) is 0.164. The number of hydrogen-bond acceptors (Lipinski definition) is 2. The third-order valence-corrected chi connectivity index (χ3v) is 18.6. The molecule has 0 N–H and O–H groups in total. The van der Waals surface area contributed by atoms with Gasteiger partial charge in [0.15, 0.2) is 8.07 Å². The first kappa shape index (κ1) is 37.6. The normalized spacial score (nSPS) is 14.5. The van der Waals surface area contributed by atoms with Gasteiger partial charge in [0.05, 0.1) is 0 Å². The zero-order chi connectivity index (χ0) is 41.8. The molecule has 61 heavy (non-hydrogen) atoms. The largest absolute Gasteiger partial charge is 0.311 e. The van der Waals surface area contributed by atoms with Crippen molar-refractivity contribution in [2.24, 2.45) is 0 Å². The van der Waals surface area contributed by atoms with Crippen molar-refractivity contribution in [3.8, 4) is 11.1 Å². The van der Waals surface area contributed by atoms with E-state index in [1.807, 2.05) is 0 Å². The molecule has 11 rings (SSSR count). The average Bonchev–Trinajstić information content (AvgIpc) is 3.56. The first-order valence-corrected chi connectivity index (χ1v) is 23.9. The van der Waals surface area contributed by atoms with Crippen molar-refractivity contribution in [3.05, 3.63) is 199 Å². The molecule has 0 atom stereocenters. The summed E-state index contributed by atoms with van der Waals surface area (Å²) in [5.74, 6) is 0. The van der Waals surface area contributed by atoms with Crippen LogP contribution in [-0.2, 0) is 10.8 Å². The van der Waals surface area contributed by atoms with E-state index in [9.17, 15) is 0 Å². The van der Waals surface area contributed by atoms with Gasteiger partial charge in [-0.1, -0.05) is 181 Å². The minimum absolute atomic E-state index is 0.0150. The first-order chi connectivity index (χ1) is 29.5. The van der Waals surface area contributed by atoms with E-state index >= 15 is 0 Å². The summed E-state index contributed by atoms with van der Waals surface area (Å²) in [5, 5.41) is 5.78. The maximum Gasteiger partial charge on any atom is 0.252 e. The van der Waals surface area contributed by atoms with Gasteiger partial charge in [0, 0.05) is 34.1 Å². The van der Waals surface area contributed by atoms with Gasteiger partial charge in [-0.2, -0.15) is 0 Å². The number of fused-ring (bicyclic) bond motifs is 7. The van der Waals surface area contributed by atoms with Crippen molar-refractivity contribution in [1.29, 1.82) is 0 Å². The molecule has 2 nitrogen and oxygen atoms in total. The Morgan fingerprint density at radius 3 is 1.62 bits per heavy atom. The molecule has 0 aromatic heterocycles. The second-order valence-electron chi connectivity index (χ2n) is 19.4. The summed E-state index contributed by atoms with van der Waals surface area (Å²) in [7, 11) is -2.77. The van der Waals surface area contributed by atoms with Crippen LogP contribution in [0.15, 0.2) is 182 Å². The lowest BCUT2D eigenvalue weighted by atomic mass is 9.33. The van der Waals surface area contributed by atoms with E-state index in [2.05, 4.69) is 240 Å². The highest BCUT2D eigenvalue weighted by Crippen LogP contribution is 2.47. The highest BCUT2D eigenvalue weighted by molar-refractivity contribution is 7.22. The van der Waals surface area contributed by atoms with E-state index in [0.717, 1.165) is 0 Å². The summed E-state index contributed by atoms with van der Waals surface area (Å²) < 4.78 is 0. The van der Waals surface area contributed by atoms with Crippen LogP contribution in [0.4, 0.5) is 34.1 Å². The third-order valence-electron chi connectivity index (χ3n) is 13.8. The van der Waals surface area contributed by atoms with Gasteiger partial charge < -0.3 is 9.80 Å². The van der Waals surface area contributed by atoms with Crippen molar-refractivity contribution in [1.82, 2.24) is 0 Å². The van der Waals surface area contributed by atoms with Gasteiger partial charge in [-0.25, -0.2) is 0 Å². The molecule has 3 aliphatic heterocycles. The van der Waals surface area contributed by atoms with Crippen LogP contribution in [0, 0.1) is 6.92 Å². The maximum atomic E-state index is 2.68. The maximum absolute atomic E-state index is 2.77. The Morgan fingerprint density at radius 1 is 0.426 bits per heavy atom. The number of nitrogens with zero attached hydrogens (tertiary/aromatic N) is 2. The lowest BCUT2D eigenvalue weighted by Crippen LogP contribution is -2.73. The molecule has 296 valence electrons. The molecule has 0 fully saturated rings. The smallest absolute Gasteiger partial charge is 0.252 e. The van der Waals surface area contributed by atoms with Crippen LogP contribution in [-0.4, -0.2) is 14.8 Å². The standard InChI is InChI=1S/C57H51BN2Si/c1-38-27-34-49-54-55(38)60(41-19-11-8-12-20-41)51-36-46-45-25-17-18-26-52(45)61(43-21-13-9-14-22-43,44-23-15-10-16-24-44)53(46)37-48(51)58(54)47-33-30-40(57(5,6)7)35-50(47)59(49)42-31-28-39(29-32-42)56(2,3)4/h8-37H,1-7H3. The Hall–Kier alpha value is -6.36. The number of anilines is 6. The van der Waals surface area contributed by atoms with Crippen molar-refractivity contribution in [2.45, 2.75) is 59.3 Å². The van der Waals surface area contributed by atoms with Gasteiger partial charge in [-0.15, -0.1) is 0 Å². The average molecular weight is 803 g/mol. The summed E-state index contributed by atoms with van der Waals surface area (Å²) in [6, 6.07) is 69.9. The molecule has 8 aromatic carbocycles. The summed E-state index contributed by atoms with van der Waals surface area (Å²) in [6.07, 6.45) is 0. The summed E-state index contributed by atoms with van der Waals surface area (Å²) >= 11 is 0.